The third-order valence-electron chi connectivity index (χ3n) is 5.46. The minimum absolute atomic E-state index is 0.0538. The van der Waals surface area contributed by atoms with Gasteiger partial charge >= 0.3 is 5.97 Å². The monoisotopic (exact) mass is 356 g/mol. The third-order valence-corrected chi connectivity index (χ3v) is 5.46. The van der Waals surface area contributed by atoms with Gasteiger partial charge in [0.25, 0.3) is 5.91 Å². The van der Waals surface area contributed by atoms with E-state index in [0.717, 1.165) is 11.3 Å². The maximum absolute atomic E-state index is 12.9. The molecule has 0 bridgehead atoms. The summed E-state index contributed by atoms with van der Waals surface area (Å²) in [5.74, 6) is -1.16. The van der Waals surface area contributed by atoms with Gasteiger partial charge in [-0.2, -0.15) is 0 Å². The van der Waals surface area contributed by atoms with Crippen molar-refractivity contribution in [2.75, 3.05) is 13.1 Å². The second-order valence-electron chi connectivity index (χ2n) is 7.37. The number of carbonyl (C=O) groups excluding carboxylic acids is 1. The minimum atomic E-state index is -0.893. The number of aryl methyl sites for hydroxylation is 1. The Balaban J connectivity index is 1.87. The van der Waals surface area contributed by atoms with Gasteiger partial charge < -0.3 is 10.0 Å². The Labute approximate surface area is 152 Å². The Morgan fingerprint density at radius 3 is 2.58 bits per heavy atom. The molecule has 2 heterocycles. The summed E-state index contributed by atoms with van der Waals surface area (Å²) in [7, 11) is 0. The summed E-state index contributed by atoms with van der Waals surface area (Å²) >= 11 is 0. The summed E-state index contributed by atoms with van der Waals surface area (Å²) in [4.78, 5) is 26.3. The first-order valence-corrected chi connectivity index (χ1v) is 8.78. The van der Waals surface area contributed by atoms with Gasteiger partial charge in [-0.25, -0.2) is 4.68 Å². The molecule has 1 amide bonds. The Hall–Kier alpha value is -2.70. The number of hydrogen-bond donors (Lipinski definition) is 1. The zero-order valence-corrected chi connectivity index (χ0v) is 15.6. The lowest BCUT2D eigenvalue weighted by atomic mass is 9.76. The number of benzene rings is 1. The van der Waals surface area contributed by atoms with Gasteiger partial charge in [0.1, 0.15) is 0 Å². The molecule has 2 aromatic rings. The van der Waals surface area contributed by atoms with Crippen molar-refractivity contribution in [3.8, 4) is 5.69 Å². The van der Waals surface area contributed by atoms with Crippen molar-refractivity contribution < 1.29 is 14.7 Å². The number of hydrogen-bond acceptors (Lipinski definition) is 4. The summed E-state index contributed by atoms with van der Waals surface area (Å²) in [6.07, 6.45) is 0.455. The molecule has 3 rings (SSSR count). The number of aliphatic carboxylic acids is 1. The van der Waals surface area contributed by atoms with Crippen LogP contribution in [-0.2, 0) is 4.79 Å². The average Bonchev–Trinajstić information content (AvgIpc) is 3.19. The van der Waals surface area contributed by atoms with E-state index in [9.17, 15) is 14.7 Å². The first-order valence-electron chi connectivity index (χ1n) is 8.78. The van der Waals surface area contributed by atoms with E-state index in [4.69, 9.17) is 0 Å². The van der Waals surface area contributed by atoms with E-state index in [-0.39, 0.29) is 24.1 Å². The van der Waals surface area contributed by atoms with Gasteiger partial charge in [0.2, 0.25) is 0 Å². The number of likely N-dealkylation sites (tertiary alicyclic amines) is 1. The molecule has 1 N–H and O–H groups in total. The maximum Gasteiger partial charge on any atom is 0.311 e. The van der Waals surface area contributed by atoms with Crippen LogP contribution in [0, 0.1) is 25.2 Å². The summed E-state index contributed by atoms with van der Waals surface area (Å²) in [5.41, 5.74) is 1.97. The molecule has 0 saturated carbocycles. The fourth-order valence-electron chi connectivity index (χ4n) is 3.58. The molecule has 138 valence electrons. The minimum Gasteiger partial charge on any atom is -0.481 e. The van der Waals surface area contributed by atoms with Crippen LogP contribution in [-0.4, -0.2) is 50.0 Å². The predicted molar refractivity (Wildman–Crippen MR) is 96.3 cm³/mol. The Morgan fingerprint density at radius 2 is 2.00 bits per heavy atom. The first kappa shape index (κ1) is 18.1. The highest BCUT2D eigenvalue weighted by Gasteiger charge is 2.49. The number of amides is 1. The van der Waals surface area contributed by atoms with Gasteiger partial charge in [-0.1, -0.05) is 31.2 Å². The van der Waals surface area contributed by atoms with Crippen LogP contribution < -0.4 is 0 Å². The van der Waals surface area contributed by atoms with Crippen LogP contribution in [0.25, 0.3) is 5.69 Å². The van der Waals surface area contributed by atoms with Crippen LogP contribution in [0.15, 0.2) is 24.3 Å². The highest BCUT2D eigenvalue weighted by molar-refractivity contribution is 5.94. The quantitative estimate of drug-likeness (QED) is 0.909. The lowest BCUT2D eigenvalue weighted by Gasteiger charge is -2.28. The molecule has 0 aliphatic carbocycles. The predicted octanol–water partition coefficient (Wildman–Crippen LogP) is 2.46. The molecule has 1 unspecified atom stereocenters. The van der Waals surface area contributed by atoms with Crippen LogP contribution in [0.3, 0.4) is 0 Å². The molecule has 1 aliphatic heterocycles. The van der Waals surface area contributed by atoms with E-state index in [1.807, 2.05) is 45.0 Å². The first-order chi connectivity index (χ1) is 12.3. The number of nitrogens with zero attached hydrogens (tertiary/aromatic N) is 4. The van der Waals surface area contributed by atoms with Crippen LogP contribution in [0.4, 0.5) is 0 Å². The standard InChI is InChI=1S/C19H24N4O3/c1-12(2)19(18(25)26)8-9-22(11-19)17(24)16-14(4)23(21-20-16)15-7-5-6-13(3)10-15/h5-7,10,12H,8-9,11H2,1-4H3,(H,25,26). The molecule has 1 aromatic carbocycles. The molecular weight excluding hydrogens is 332 g/mol. The van der Waals surface area contributed by atoms with Crippen LogP contribution in [0.2, 0.25) is 0 Å². The number of carbonyl (C=O) groups is 2. The van der Waals surface area contributed by atoms with Gasteiger partial charge in [-0.15, -0.1) is 5.10 Å². The molecule has 1 atom stereocenters. The molecule has 1 fully saturated rings. The number of carboxylic acid groups (broad SMARTS) is 1. The summed E-state index contributed by atoms with van der Waals surface area (Å²) in [6, 6.07) is 7.80. The van der Waals surface area contributed by atoms with E-state index in [1.165, 1.54) is 0 Å². The molecule has 0 radical (unpaired) electrons. The van der Waals surface area contributed by atoms with Crippen molar-refractivity contribution in [1.82, 2.24) is 19.9 Å². The van der Waals surface area contributed by atoms with Gasteiger partial charge in [0, 0.05) is 13.1 Å². The fraction of sp³-hybridized carbons (Fsp3) is 0.474. The van der Waals surface area contributed by atoms with E-state index >= 15 is 0 Å². The Kier molecular flexibility index (Phi) is 4.56. The van der Waals surface area contributed by atoms with Crippen molar-refractivity contribution in [2.45, 2.75) is 34.1 Å². The molecular formula is C19H24N4O3. The zero-order chi connectivity index (χ0) is 19.1. The molecule has 26 heavy (non-hydrogen) atoms. The normalized spacial score (nSPS) is 20.0. The van der Waals surface area contributed by atoms with Gasteiger partial charge in [0.05, 0.1) is 16.8 Å². The van der Waals surface area contributed by atoms with E-state index < -0.39 is 11.4 Å². The largest absolute Gasteiger partial charge is 0.481 e. The average molecular weight is 356 g/mol. The maximum atomic E-state index is 12.9. The molecule has 7 heteroatoms. The van der Waals surface area contributed by atoms with Gasteiger partial charge in [0.15, 0.2) is 5.69 Å². The smallest absolute Gasteiger partial charge is 0.311 e. The summed E-state index contributed by atoms with van der Waals surface area (Å²) in [6.45, 7) is 8.19. The molecule has 1 aliphatic rings. The number of carboxylic acids is 1. The van der Waals surface area contributed by atoms with E-state index in [0.29, 0.717) is 18.7 Å². The van der Waals surface area contributed by atoms with E-state index in [2.05, 4.69) is 10.3 Å². The fourth-order valence-corrected chi connectivity index (χ4v) is 3.58. The SMILES string of the molecule is Cc1cccc(-n2nnc(C(=O)N3CCC(C(=O)O)(C(C)C)C3)c2C)c1. The van der Waals surface area contributed by atoms with Crippen LogP contribution >= 0.6 is 0 Å². The Bertz CT molecular complexity index is 858. The van der Waals surface area contributed by atoms with E-state index in [1.54, 1.807) is 16.5 Å². The van der Waals surface area contributed by atoms with Crippen LogP contribution in [0.1, 0.15) is 42.0 Å². The zero-order valence-electron chi connectivity index (χ0n) is 15.6. The van der Waals surface area contributed by atoms with Crippen LogP contribution in [0.5, 0.6) is 0 Å². The second kappa shape index (κ2) is 6.55. The highest BCUT2D eigenvalue weighted by Crippen LogP contribution is 2.38. The lowest BCUT2D eigenvalue weighted by molar-refractivity contribution is -0.150. The third kappa shape index (κ3) is 2.87. The van der Waals surface area contributed by atoms with Gasteiger partial charge in [-0.3, -0.25) is 9.59 Å². The van der Waals surface area contributed by atoms with Crippen molar-refractivity contribution in [2.24, 2.45) is 11.3 Å². The number of aromatic nitrogens is 3. The van der Waals surface area contributed by atoms with Gasteiger partial charge in [-0.05, 0) is 43.9 Å². The molecule has 1 saturated heterocycles. The Morgan fingerprint density at radius 1 is 1.27 bits per heavy atom. The van der Waals surface area contributed by atoms with Crippen molar-refractivity contribution >= 4 is 11.9 Å². The van der Waals surface area contributed by atoms with Crippen molar-refractivity contribution in [3.05, 3.63) is 41.2 Å². The lowest BCUT2D eigenvalue weighted by Crippen LogP contribution is -2.40. The highest BCUT2D eigenvalue weighted by atomic mass is 16.4. The topological polar surface area (TPSA) is 88.3 Å². The molecule has 7 nitrogen and oxygen atoms in total. The molecule has 1 aromatic heterocycles. The second-order valence-corrected chi connectivity index (χ2v) is 7.37. The number of rotatable bonds is 4. The summed E-state index contributed by atoms with van der Waals surface area (Å²) in [5, 5.41) is 17.9. The van der Waals surface area contributed by atoms with Crippen molar-refractivity contribution in [3.63, 3.8) is 0 Å². The van der Waals surface area contributed by atoms with Crippen molar-refractivity contribution in [1.29, 1.82) is 0 Å². The molecule has 0 spiro atoms. The summed E-state index contributed by atoms with van der Waals surface area (Å²) < 4.78 is 1.64.